The standard InChI is InChI=1S/C18H24N7O14P3/c1-8(19)13-9(3-2-4-21-13)17(27)37-10-5-12(25-7-22-14-15(25)23-18(20)24-16(14)26)36-11(10)6-35-41(31,32)39-42(33,34)38-40(28,29)30/h2-4,7-8,10-12H,5-6,19H2,1H3,(H,31,32)(H,33,34)(H2,28,29,30)(H3,20,23,24,26)/t8?,10-,11?,12-/m1/s1. The van der Waals surface area contributed by atoms with E-state index in [1.165, 1.54) is 29.2 Å². The van der Waals surface area contributed by atoms with Crippen molar-refractivity contribution in [3.63, 3.8) is 0 Å². The summed E-state index contributed by atoms with van der Waals surface area (Å²) in [5.74, 6) is -1.14. The second-order valence-corrected chi connectivity index (χ2v) is 13.1. The molecule has 21 nitrogen and oxygen atoms in total. The molecule has 0 amide bonds. The summed E-state index contributed by atoms with van der Waals surface area (Å²) < 4.78 is 59.6. The zero-order valence-electron chi connectivity index (χ0n) is 21.2. The van der Waals surface area contributed by atoms with Crippen molar-refractivity contribution < 1.29 is 60.7 Å². The fourth-order valence-electron chi connectivity index (χ4n) is 3.92. The number of esters is 1. The number of aromatic amines is 1. The molecule has 24 heteroatoms. The molecule has 1 aliphatic rings. The highest BCUT2D eigenvalue weighted by Gasteiger charge is 2.44. The number of anilines is 1. The number of fused-ring (bicyclic) bond motifs is 1. The van der Waals surface area contributed by atoms with E-state index < -0.39 is 66.1 Å². The maximum Gasteiger partial charge on any atom is 0.490 e. The number of phosphoric ester groups is 1. The first-order valence-electron chi connectivity index (χ1n) is 11.5. The Morgan fingerprint density at radius 1 is 1.21 bits per heavy atom. The van der Waals surface area contributed by atoms with Crippen molar-refractivity contribution in [1.29, 1.82) is 0 Å². The molecule has 0 radical (unpaired) electrons. The predicted molar refractivity (Wildman–Crippen MR) is 137 cm³/mol. The summed E-state index contributed by atoms with van der Waals surface area (Å²) in [5, 5.41) is 0. The van der Waals surface area contributed by atoms with Crippen LogP contribution in [-0.2, 0) is 36.3 Å². The molecule has 1 aliphatic heterocycles. The highest BCUT2D eigenvalue weighted by atomic mass is 31.3. The quantitative estimate of drug-likeness (QED) is 0.105. The number of nitrogen functional groups attached to an aromatic ring is 1. The van der Waals surface area contributed by atoms with Gasteiger partial charge in [-0.15, -0.1) is 0 Å². The molecule has 0 aromatic carbocycles. The van der Waals surface area contributed by atoms with Crippen molar-refractivity contribution in [2.75, 3.05) is 12.3 Å². The molecule has 0 bridgehead atoms. The smallest absolute Gasteiger partial charge is 0.456 e. The number of nitrogens with one attached hydrogen (secondary N) is 1. The second-order valence-electron chi connectivity index (χ2n) is 8.70. The number of hydrogen-bond acceptors (Lipinski definition) is 15. The summed E-state index contributed by atoms with van der Waals surface area (Å²) >= 11 is 0. The molecule has 1 saturated heterocycles. The Hall–Kier alpha value is -2.90. The number of pyridine rings is 1. The van der Waals surface area contributed by atoms with Gasteiger partial charge in [0.1, 0.15) is 18.4 Å². The van der Waals surface area contributed by atoms with E-state index in [4.69, 9.17) is 35.3 Å². The fraction of sp³-hybridized carbons (Fsp3) is 0.389. The summed E-state index contributed by atoms with van der Waals surface area (Å²) in [4.78, 5) is 76.3. The van der Waals surface area contributed by atoms with E-state index in [2.05, 4.69) is 28.6 Å². The van der Waals surface area contributed by atoms with E-state index in [-0.39, 0.29) is 34.8 Å². The summed E-state index contributed by atoms with van der Waals surface area (Å²) in [7, 11) is -16.9. The number of hydrogen-bond donors (Lipinski definition) is 7. The molecule has 0 aliphatic carbocycles. The minimum absolute atomic E-state index is 0.00800. The van der Waals surface area contributed by atoms with Gasteiger partial charge < -0.3 is 40.5 Å². The SMILES string of the molecule is CC(N)c1ncccc1C(=O)O[C@@H]1C[C@H](n2cnc3c(=O)[nH]c(N)nc32)OC1COP(=O)(O)OP(=O)(O)OP(=O)(O)O. The van der Waals surface area contributed by atoms with Crippen LogP contribution in [0, 0.1) is 0 Å². The van der Waals surface area contributed by atoms with E-state index in [0.717, 1.165) is 0 Å². The fourth-order valence-corrected chi connectivity index (χ4v) is 6.95. The Balaban J connectivity index is 1.59. The van der Waals surface area contributed by atoms with Crippen LogP contribution in [0.3, 0.4) is 0 Å². The molecular weight excluding hydrogens is 631 g/mol. The van der Waals surface area contributed by atoms with E-state index >= 15 is 0 Å². The van der Waals surface area contributed by atoms with Gasteiger partial charge in [0.05, 0.1) is 24.2 Å². The molecule has 42 heavy (non-hydrogen) atoms. The van der Waals surface area contributed by atoms with Crippen LogP contribution < -0.4 is 17.0 Å². The summed E-state index contributed by atoms with van der Waals surface area (Å²) in [6.07, 6.45) is -1.25. The lowest BCUT2D eigenvalue weighted by molar-refractivity contribution is -0.0490. The van der Waals surface area contributed by atoms with Gasteiger partial charge in [-0.3, -0.25) is 23.9 Å². The lowest BCUT2D eigenvalue weighted by Gasteiger charge is -2.21. The molecule has 0 saturated carbocycles. The Morgan fingerprint density at radius 3 is 2.60 bits per heavy atom. The Bertz CT molecular complexity index is 1690. The van der Waals surface area contributed by atoms with Gasteiger partial charge >= 0.3 is 29.4 Å². The molecule has 4 unspecified atom stereocenters. The van der Waals surface area contributed by atoms with Crippen LogP contribution in [0.4, 0.5) is 5.95 Å². The lowest BCUT2D eigenvalue weighted by atomic mass is 10.1. The Labute approximate surface area is 234 Å². The van der Waals surface area contributed by atoms with E-state index in [0.29, 0.717) is 0 Å². The van der Waals surface area contributed by atoms with Gasteiger partial charge in [-0.1, -0.05) is 0 Å². The number of nitrogens with two attached hydrogens (primary N) is 2. The topological polar surface area (TPSA) is 324 Å². The predicted octanol–water partition coefficient (Wildman–Crippen LogP) is -0.0271. The lowest BCUT2D eigenvalue weighted by Crippen LogP contribution is -2.31. The maximum atomic E-state index is 13.1. The van der Waals surface area contributed by atoms with E-state index in [1.54, 1.807) is 6.92 Å². The number of imidazole rings is 1. The minimum atomic E-state index is -5.79. The number of ether oxygens (including phenoxy) is 2. The molecule has 6 atom stereocenters. The zero-order chi connectivity index (χ0) is 31.0. The van der Waals surface area contributed by atoms with Crippen LogP contribution in [-0.4, -0.2) is 68.9 Å². The highest BCUT2D eigenvalue weighted by molar-refractivity contribution is 7.66. The number of carbonyl (C=O) groups is 1. The molecule has 4 heterocycles. The van der Waals surface area contributed by atoms with Crippen molar-refractivity contribution in [3.8, 4) is 0 Å². The third-order valence-corrected chi connectivity index (χ3v) is 9.31. The van der Waals surface area contributed by atoms with Crippen LogP contribution in [0.5, 0.6) is 0 Å². The van der Waals surface area contributed by atoms with Gasteiger partial charge in [0.2, 0.25) is 5.95 Å². The van der Waals surface area contributed by atoms with Gasteiger partial charge in [0.15, 0.2) is 11.2 Å². The van der Waals surface area contributed by atoms with E-state index in [1.807, 2.05) is 0 Å². The van der Waals surface area contributed by atoms with Crippen LogP contribution >= 0.6 is 23.5 Å². The Kier molecular flexibility index (Phi) is 9.15. The number of rotatable bonds is 11. The first-order chi connectivity index (χ1) is 19.4. The van der Waals surface area contributed by atoms with Crippen molar-refractivity contribution in [1.82, 2.24) is 24.5 Å². The third kappa shape index (κ3) is 7.73. The van der Waals surface area contributed by atoms with Gasteiger partial charge in [-0.05, 0) is 19.1 Å². The van der Waals surface area contributed by atoms with Gasteiger partial charge in [0.25, 0.3) is 5.56 Å². The molecular formula is C18H24N7O14P3. The molecule has 0 spiro atoms. The van der Waals surface area contributed by atoms with Gasteiger partial charge in [-0.25, -0.2) is 23.5 Å². The summed E-state index contributed by atoms with van der Waals surface area (Å²) in [5.41, 5.74) is 11.0. The maximum absolute atomic E-state index is 13.1. The van der Waals surface area contributed by atoms with Crippen LogP contribution in [0.25, 0.3) is 11.2 Å². The summed E-state index contributed by atoms with van der Waals surface area (Å²) in [6, 6.07) is 2.22. The molecule has 9 N–H and O–H groups in total. The monoisotopic (exact) mass is 655 g/mol. The molecule has 3 aromatic rings. The third-order valence-electron chi connectivity index (χ3n) is 5.51. The number of H-pyrrole nitrogens is 1. The van der Waals surface area contributed by atoms with Gasteiger partial charge in [-0.2, -0.15) is 13.6 Å². The molecule has 230 valence electrons. The summed E-state index contributed by atoms with van der Waals surface area (Å²) in [6.45, 7) is 0.651. The molecule has 4 rings (SSSR count). The highest BCUT2D eigenvalue weighted by Crippen LogP contribution is 2.66. The normalized spacial score (nSPS) is 22.9. The van der Waals surface area contributed by atoms with Crippen molar-refractivity contribution in [3.05, 3.63) is 46.3 Å². The van der Waals surface area contributed by atoms with Crippen LogP contribution in [0.15, 0.2) is 29.5 Å². The number of nitrogens with zero attached hydrogens (tertiary/aromatic N) is 4. The van der Waals surface area contributed by atoms with Crippen LogP contribution in [0.2, 0.25) is 0 Å². The number of carbonyl (C=O) groups excluding carboxylic acids is 1. The minimum Gasteiger partial charge on any atom is -0.456 e. The largest absolute Gasteiger partial charge is 0.490 e. The second kappa shape index (κ2) is 12.0. The zero-order valence-corrected chi connectivity index (χ0v) is 23.9. The number of phosphoric acid groups is 3. The molecule has 3 aromatic heterocycles. The molecule has 1 fully saturated rings. The number of aromatic nitrogens is 5. The average molecular weight is 655 g/mol. The average Bonchev–Trinajstić information content (AvgIpc) is 3.44. The van der Waals surface area contributed by atoms with Gasteiger partial charge in [0, 0.05) is 18.7 Å². The first kappa shape index (κ1) is 32.0. The first-order valence-corrected chi connectivity index (χ1v) is 16.0. The van der Waals surface area contributed by atoms with Crippen molar-refractivity contribution in [2.45, 2.75) is 37.8 Å². The van der Waals surface area contributed by atoms with Crippen molar-refractivity contribution in [2.24, 2.45) is 5.73 Å². The van der Waals surface area contributed by atoms with Crippen molar-refractivity contribution >= 4 is 46.5 Å². The van der Waals surface area contributed by atoms with E-state index in [9.17, 15) is 33.1 Å². The Morgan fingerprint density at radius 2 is 1.93 bits per heavy atom. The van der Waals surface area contributed by atoms with Crippen LogP contribution in [0.1, 0.15) is 41.7 Å².